The molecule has 2 aromatic rings. The van der Waals surface area contributed by atoms with E-state index in [1.54, 1.807) is 24.3 Å². The third kappa shape index (κ3) is 2.84. The Morgan fingerprint density at radius 2 is 1.73 bits per heavy atom. The van der Waals surface area contributed by atoms with E-state index in [0.717, 1.165) is 16.7 Å². The van der Waals surface area contributed by atoms with Crippen molar-refractivity contribution in [3.05, 3.63) is 82.2 Å². The average molecular weight is 294 g/mol. The summed E-state index contributed by atoms with van der Waals surface area (Å²) in [5.41, 5.74) is 4.42. The van der Waals surface area contributed by atoms with Gasteiger partial charge in [-0.25, -0.2) is 9.18 Å². The summed E-state index contributed by atoms with van der Waals surface area (Å²) in [4.78, 5) is 12.0. The first kappa shape index (κ1) is 14.3. The lowest BCUT2D eigenvalue weighted by atomic mass is 10.0. The van der Waals surface area contributed by atoms with Crippen LogP contribution in [0.4, 0.5) is 4.39 Å². The maximum absolute atomic E-state index is 12.9. The van der Waals surface area contributed by atoms with Gasteiger partial charge in [-0.05, 0) is 60.9 Å². The molecular formula is C19H15FO2. The highest BCUT2D eigenvalue weighted by Gasteiger charge is 2.22. The Kier molecular flexibility index (Phi) is 3.63. The molecule has 0 spiro atoms. The number of esters is 1. The first-order chi connectivity index (χ1) is 10.5. The van der Waals surface area contributed by atoms with Gasteiger partial charge in [-0.2, -0.15) is 0 Å². The molecule has 2 aromatic carbocycles. The van der Waals surface area contributed by atoms with Gasteiger partial charge in [0.25, 0.3) is 0 Å². The zero-order valence-electron chi connectivity index (χ0n) is 12.4. The lowest BCUT2D eigenvalue weighted by Gasteiger charge is -2.05. The molecule has 0 aliphatic carbocycles. The van der Waals surface area contributed by atoms with Gasteiger partial charge in [0.15, 0.2) is 0 Å². The molecule has 0 saturated heterocycles. The highest BCUT2D eigenvalue weighted by atomic mass is 19.1. The number of cyclic esters (lactones) is 1. The average Bonchev–Trinajstić information content (AvgIpc) is 2.85. The summed E-state index contributed by atoms with van der Waals surface area (Å²) < 4.78 is 18.2. The van der Waals surface area contributed by atoms with Crippen molar-refractivity contribution in [2.45, 2.75) is 13.8 Å². The van der Waals surface area contributed by atoms with Crippen LogP contribution < -0.4 is 0 Å². The summed E-state index contributed by atoms with van der Waals surface area (Å²) in [6.45, 7) is 4.06. The molecule has 1 aliphatic rings. The van der Waals surface area contributed by atoms with Crippen LogP contribution in [0, 0.1) is 19.7 Å². The predicted octanol–water partition coefficient (Wildman–Crippen LogP) is 4.42. The molecule has 0 saturated carbocycles. The van der Waals surface area contributed by atoms with E-state index >= 15 is 0 Å². The molecule has 0 radical (unpaired) electrons. The Balaban J connectivity index is 1.94. The molecule has 3 rings (SSSR count). The number of hydrogen-bond acceptors (Lipinski definition) is 2. The molecule has 1 heterocycles. The van der Waals surface area contributed by atoms with Crippen molar-refractivity contribution in [3.63, 3.8) is 0 Å². The van der Waals surface area contributed by atoms with E-state index in [9.17, 15) is 9.18 Å². The van der Waals surface area contributed by atoms with Gasteiger partial charge in [-0.15, -0.1) is 0 Å². The molecule has 0 N–H and O–H groups in total. The van der Waals surface area contributed by atoms with Crippen LogP contribution in [0.5, 0.6) is 0 Å². The fraction of sp³-hybridized carbons (Fsp3) is 0.105. The van der Waals surface area contributed by atoms with E-state index in [1.807, 2.05) is 32.0 Å². The Hall–Kier alpha value is -2.68. The molecule has 0 aromatic heterocycles. The van der Waals surface area contributed by atoms with Gasteiger partial charge in [-0.1, -0.05) is 24.3 Å². The van der Waals surface area contributed by atoms with E-state index in [2.05, 4.69) is 0 Å². The Morgan fingerprint density at radius 1 is 1.00 bits per heavy atom. The van der Waals surface area contributed by atoms with Gasteiger partial charge in [0.1, 0.15) is 11.6 Å². The lowest BCUT2D eigenvalue weighted by Crippen LogP contribution is -1.97. The quantitative estimate of drug-likeness (QED) is 0.605. The smallest absolute Gasteiger partial charge is 0.343 e. The number of benzene rings is 2. The maximum atomic E-state index is 12.9. The molecule has 3 heteroatoms. The summed E-state index contributed by atoms with van der Waals surface area (Å²) in [6.07, 6.45) is 3.41. The second kappa shape index (κ2) is 5.60. The lowest BCUT2D eigenvalue weighted by molar-refractivity contribution is -0.130. The van der Waals surface area contributed by atoms with Crippen LogP contribution in [0.3, 0.4) is 0 Å². The van der Waals surface area contributed by atoms with Crippen LogP contribution in [-0.4, -0.2) is 5.97 Å². The van der Waals surface area contributed by atoms with Crippen molar-refractivity contribution in [1.29, 1.82) is 0 Å². The summed E-state index contributed by atoms with van der Waals surface area (Å²) in [7, 11) is 0. The molecule has 0 amide bonds. The van der Waals surface area contributed by atoms with Crippen LogP contribution in [-0.2, 0) is 9.53 Å². The largest absolute Gasteiger partial charge is 0.422 e. The second-order valence-corrected chi connectivity index (χ2v) is 5.35. The first-order valence-electron chi connectivity index (χ1n) is 7.02. The number of carbonyl (C=O) groups is 1. The van der Waals surface area contributed by atoms with Crippen LogP contribution >= 0.6 is 0 Å². The van der Waals surface area contributed by atoms with E-state index < -0.39 is 5.97 Å². The Morgan fingerprint density at radius 3 is 2.41 bits per heavy atom. The van der Waals surface area contributed by atoms with Gasteiger partial charge in [0.2, 0.25) is 0 Å². The minimum atomic E-state index is -0.391. The highest BCUT2D eigenvalue weighted by Crippen LogP contribution is 2.28. The number of ether oxygens (including phenoxy) is 1. The third-order valence-corrected chi connectivity index (χ3v) is 3.71. The summed E-state index contributed by atoms with van der Waals surface area (Å²) in [5.74, 6) is -0.151. The van der Waals surface area contributed by atoms with Gasteiger partial charge < -0.3 is 4.74 Å². The number of halogens is 1. The zero-order chi connectivity index (χ0) is 15.7. The standard InChI is InChI=1S/C19H15FO2/c1-12-3-6-15(9-13(12)2)18-11-16(19(21)22-18)10-14-4-7-17(20)8-5-14/h3-11H,1-2H3/b16-10+. The van der Waals surface area contributed by atoms with Crippen LogP contribution in [0.25, 0.3) is 11.8 Å². The predicted molar refractivity (Wildman–Crippen MR) is 84.4 cm³/mol. The van der Waals surface area contributed by atoms with Crippen molar-refractivity contribution in [2.75, 3.05) is 0 Å². The fourth-order valence-electron chi connectivity index (χ4n) is 2.26. The van der Waals surface area contributed by atoms with Crippen LogP contribution in [0.1, 0.15) is 22.3 Å². The van der Waals surface area contributed by atoms with Crippen molar-refractivity contribution in [1.82, 2.24) is 0 Å². The number of aryl methyl sites for hydroxylation is 2. The molecule has 22 heavy (non-hydrogen) atoms. The number of carbonyl (C=O) groups excluding carboxylic acids is 1. The first-order valence-corrected chi connectivity index (χ1v) is 7.02. The summed E-state index contributed by atoms with van der Waals surface area (Å²) in [6, 6.07) is 11.9. The number of hydrogen-bond donors (Lipinski definition) is 0. The minimum absolute atomic E-state index is 0.303. The normalized spacial score (nSPS) is 15.9. The maximum Gasteiger partial charge on any atom is 0.343 e. The highest BCUT2D eigenvalue weighted by molar-refractivity contribution is 6.05. The molecule has 0 fully saturated rings. The van der Waals surface area contributed by atoms with Gasteiger partial charge in [0.05, 0.1) is 5.57 Å². The number of rotatable bonds is 2. The van der Waals surface area contributed by atoms with Gasteiger partial charge >= 0.3 is 5.97 Å². The van der Waals surface area contributed by atoms with Crippen molar-refractivity contribution < 1.29 is 13.9 Å². The van der Waals surface area contributed by atoms with Crippen molar-refractivity contribution >= 4 is 17.8 Å². The minimum Gasteiger partial charge on any atom is -0.422 e. The topological polar surface area (TPSA) is 26.3 Å². The fourth-order valence-corrected chi connectivity index (χ4v) is 2.26. The molecule has 110 valence electrons. The van der Waals surface area contributed by atoms with E-state index in [1.165, 1.54) is 17.7 Å². The molecule has 2 nitrogen and oxygen atoms in total. The van der Waals surface area contributed by atoms with Gasteiger partial charge in [-0.3, -0.25) is 0 Å². The van der Waals surface area contributed by atoms with E-state index in [4.69, 9.17) is 4.74 Å². The monoisotopic (exact) mass is 294 g/mol. The van der Waals surface area contributed by atoms with Crippen LogP contribution in [0.15, 0.2) is 54.1 Å². The van der Waals surface area contributed by atoms with Crippen molar-refractivity contribution in [3.8, 4) is 0 Å². The zero-order valence-corrected chi connectivity index (χ0v) is 12.4. The third-order valence-electron chi connectivity index (χ3n) is 3.71. The van der Waals surface area contributed by atoms with Crippen LogP contribution in [0.2, 0.25) is 0 Å². The second-order valence-electron chi connectivity index (χ2n) is 5.35. The Bertz CT molecular complexity index is 799. The van der Waals surface area contributed by atoms with Gasteiger partial charge in [0, 0.05) is 5.56 Å². The Labute approximate surface area is 128 Å². The van der Waals surface area contributed by atoms with E-state index in [0.29, 0.717) is 11.3 Å². The SMILES string of the molecule is Cc1ccc(C2=C/C(=C\c3ccc(F)cc3)C(=O)O2)cc1C. The molecule has 0 unspecified atom stereocenters. The van der Waals surface area contributed by atoms with E-state index in [-0.39, 0.29) is 5.82 Å². The summed E-state index contributed by atoms with van der Waals surface area (Å²) >= 11 is 0. The molecule has 0 bridgehead atoms. The molecule has 0 atom stereocenters. The van der Waals surface area contributed by atoms with Crippen molar-refractivity contribution in [2.24, 2.45) is 0 Å². The molecular weight excluding hydrogens is 279 g/mol. The molecule has 1 aliphatic heterocycles. The summed E-state index contributed by atoms with van der Waals surface area (Å²) in [5, 5.41) is 0.